The normalized spacial score (nSPS) is 21.1. The number of nitrogens with zero attached hydrogens (tertiary/aromatic N) is 2. The second-order valence-electron chi connectivity index (χ2n) is 5.83. The van der Waals surface area contributed by atoms with E-state index in [1.54, 1.807) is 4.90 Å². The van der Waals surface area contributed by atoms with Gasteiger partial charge in [-0.25, -0.2) is 0 Å². The molecule has 1 fully saturated rings. The van der Waals surface area contributed by atoms with Crippen LogP contribution in [0.3, 0.4) is 0 Å². The Morgan fingerprint density at radius 1 is 1.52 bits per heavy atom. The molecule has 1 N–H and O–H groups in total. The van der Waals surface area contributed by atoms with E-state index in [0.717, 1.165) is 6.07 Å². The molecule has 1 aliphatic heterocycles. The lowest BCUT2D eigenvalue weighted by atomic mass is 10.0. The Kier molecular flexibility index (Phi) is 3.87. The van der Waals surface area contributed by atoms with Crippen molar-refractivity contribution in [1.82, 2.24) is 4.90 Å². The Hall–Kier alpha value is -2.15. The zero-order chi connectivity index (χ0) is 15.8. The SMILES string of the molecule is C[C@@H]1CN(C(=O)c2ccc(O)c([N+](=O)[O-])c2)CC(C)(C)O1. The molecule has 1 aliphatic rings. The van der Waals surface area contributed by atoms with E-state index in [2.05, 4.69) is 0 Å². The highest BCUT2D eigenvalue weighted by Crippen LogP contribution is 2.28. The van der Waals surface area contributed by atoms with Crippen molar-refractivity contribution in [2.45, 2.75) is 32.5 Å². The first-order valence-corrected chi connectivity index (χ1v) is 6.64. The van der Waals surface area contributed by atoms with E-state index >= 15 is 0 Å². The van der Waals surface area contributed by atoms with Crippen LogP contribution in [0.5, 0.6) is 5.75 Å². The minimum Gasteiger partial charge on any atom is -0.502 e. The van der Waals surface area contributed by atoms with Crippen molar-refractivity contribution in [3.63, 3.8) is 0 Å². The number of rotatable bonds is 2. The van der Waals surface area contributed by atoms with Crippen LogP contribution in [0, 0.1) is 10.1 Å². The third-order valence-corrected chi connectivity index (χ3v) is 3.28. The molecule has 2 rings (SSSR count). The van der Waals surface area contributed by atoms with Gasteiger partial charge in [0, 0.05) is 24.7 Å². The van der Waals surface area contributed by atoms with Gasteiger partial charge in [0.1, 0.15) is 0 Å². The molecule has 1 amide bonds. The molecule has 1 aromatic carbocycles. The molecule has 0 aromatic heterocycles. The number of nitro groups is 1. The summed E-state index contributed by atoms with van der Waals surface area (Å²) < 4.78 is 5.73. The standard InChI is InChI=1S/C14H18N2O5/c1-9-7-15(8-14(2,3)21-9)13(18)10-4-5-12(17)11(6-10)16(19)20/h4-6,9,17H,7-8H2,1-3H3/t9-/m1/s1. The van der Waals surface area contributed by atoms with Crippen LogP contribution in [-0.2, 0) is 4.74 Å². The van der Waals surface area contributed by atoms with Crippen molar-refractivity contribution in [3.05, 3.63) is 33.9 Å². The van der Waals surface area contributed by atoms with E-state index < -0.39 is 22.0 Å². The molecule has 0 spiro atoms. The number of phenols is 1. The highest BCUT2D eigenvalue weighted by molar-refractivity contribution is 5.95. The number of benzene rings is 1. The van der Waals surface area contributed by atoms with E-state index in [-0.39, 0.29) is 17.6 Å². The van der Waals surface area contributed by atoms with Crippen LogP contribution in [0.1, 0.15) is 31.1 Å². The van der Waals surface area contributed by atoms with Crippen LogP contribution >= 0.6 is 0 Å². The molecule has 0 aliphatic carbocycles. The molecule has 1 saturated heterocycles. The van der Waals surface area contributed by atoms with Gasteiger partial charge in [-0.3, -0.25) is 14.9 Å². The summed E-state index contributed by atoms with van der Waals surface area (Å²) in [6.07, 6.45) is -0.107. The predicted octanol–water partition coefficient (Wildman–Crippen LogP) is 1.94. The van der Waals surface area contributed by atoms with Crippen molar-refractivity contribution < 1.29 is 19.6 Å². The lowest BCUT2D eigenvalue weighted by Gasteiger charge is -2.41. The number of carbonyl (C=O) groups is 1. The summed E-state index contributed by atoms with van der Waals surface area (Å²) in [4.78, 5) is 24.2. The molecule has 0 saturated carbocycles. The number of ether oxygens (including phenoxy) is 1. The second kappa shape index (κ2) is 5.33. The van der Waals surface area contributed by atoms with Gasteiger partial charge in [-0.2, -0.15) is 0 Å². The van der Waals surface area contributed by atoms with Crippen molar-refractivity contribution in [1.29, 1.82) is 0 Å². The number of hydrogen-bond donors (Lipinski definition) is 1. The third-order valence-electron chi connectivity index (χ3n) is 3.28. The Labute approximate surface area is 122 Å². The molecule has 21 heavy (non-hydrogen) atoms. The van der Waals surface area contributed by atoms with Crippen molar-refractivity contribution in [2.75, 3.05) is 13.1 Å². The van der Waals surface area contributed by atoms with Crippen molar-refractivity contribution >= 4 is 11.6 Å². The van der Waals surface area contributed by atoms with E-state index in [9.17, 15) is 20.0 Å². The molecule has 7 heteroatoms. The Morgan fingerprint density at radius 2 is 2.19 bits per heavy atom. The number of morpholine rings is 1. The van der Waals surface area contributed by atoms with Gasteiger partial charge in [-0.15, -0.1) is 0 Å². The van der Waals surface area contributed by atoms with Gasteiger partial charge in [0.15, 0.2) is 5.75 Å². The molecule has 1 heterocycles. The topological polar surface area (TPSA) is 92.9 Å². The number of carbonyl (C=O) groups excluding carboxylic acids is 1. The van der Waals surface area contributed by atoms with Gasteiger partial charge < -0.3 is 14.7 Å². The fraction of sp³-hybridized carbons (Fsp3) is 0.500. The highest BCUT2D eigenvalue weighted by Gasteiger charge is 2.34. The van der Waals surface area contributed by atoms with Crippen LogP contribution in [0.25, 0.3) is 0 Å². The highest BCUT2D eigenvalue weighted by atomic mass is 16.6. The first-order chi connectivity index (χ1) is 9.69. The first kappa shape index (κ1) is 15.2. The van der Waals surface area contributed by atoms with Crippen LogP contribution in [-0.4, -0.2) is 45.6 Å². The molecule has 0 bridgehead atoms. The molecule has 7 nitrogen and oxygen atoms in total. The zero-order valence-electron chi connectivity index (χ0n) is 12.2. The van der Waals surface area contributed by atoms with Gasteiger partial charge in [0.05, 0.1) is 16.6 Å². The van der Waals surface area contributed by atoms with E-state index in [1.165, 1.54) is 12.1 Å². The minimum atomic E-state index is -0.710. The number of nitro benzene ring substituents is 1. The van der Waals surface area contributed by atoms with Crippen LogP contribution in [0.15, 0.2) is 18.2 Å². The molecule has 1 atom stereocenters. The summed E-state index contributed by atoms with van der Waals surface area (Å²) in [6.45, 7) is 6.49. The Balaban J connectivity index is 2.28. The number of phenolic OH excluding ortho intramolecular Hbond substituents is 1. The van der Waals surface area contributed by atoms with Gasteiger partial charge in [-0.1, -0.05) is 0 Å². The smallest absolute Gasteiger partial charge is 0.311 e. The summed E-state index contributed by atoms with van der Waals surface area (Å²) >= 11 is 0. The Morgan fingerprint density at radius 3 is 2.76 bits per heavy atom. The van der Waals surface area contributed by atoms with E-state index in [4.69, 9.17) is 4.74 Å². The average Bonchev–Trinajstić information content (AvgIpc) is 2.35. The van der Waals surface area contributed by atoms with Gasteiger partial charge in [0.25, 0.3) is 5.91 Å². The minimum absolute atomic E-state index is 0.107. The van der Waals surface area contributed by atoms with Crippen LogP contribution < -0.4 is 0 Å². The average molecular weight is 294 g/mol. The van der Waals surface area contributed by atoms with Crippen LogP contribution in [0.2, 0.25) is 0 Å². The quantitative estimate of drug-likeness (QED) is 0.664. The van der Waals surface area contributed by atoms with Gasteiger partial charge in [-0.05, 0) is 32.9 Å². The first-order valence-electron chi connectivity index (χ1n) is 6.64. The number of amides is 1. The molecule has 1 aromatic rings. The van der Waals surface area contributed by atoms with Crippen molar-refractivity contribution in [2.24, 2.45) is 0 Å². The lowest BCUT2D eigenvalue weighted by Crippen LogP contribution is -2.53. The summed E-state index contributed by atoms with van der Waals surface area (Å²) in [5.41, 5.74) is -0.748. The maximum absolute atomic E-state index is 12.5. The zero-order valence-corrected chi connectivity index (χ0v) is 12.2. The van der Waals surface area contributed by atoms with Gasteiger partial charge >= 0.3 is 5.69 Å². The summed E-state index contributed by atoms with van der Waals surface area (Å²) in [5.74, 6) is -0.756. The molecular weight excluding hydrogens is 276 g/mol. The lowest BCUT2D eigenvalue weighted by molar-refractivity contribution is -0.385. The third kappa shape index (κ3) is 3.30. The number of hydrogen-bond acceptors (Lipinski definition) is 5. The van der Waals surface area contributed by atoms with Crippen LogP contribution in [0.4, 0.5) is 5.69 Å². The molecule has 0 unspecified atom stereocenters. The Bertz CT molecular complexity index is 585. The number of aromatic hydroxyl groups is 1. The molecular formula is C14H18N2O5. The molecule has 114 valence electrons. The largest absolute Gasteiger partial charge is 0.502 e. The van der Waals surface area contributed by atoms with Gasteiger partial charge in [0.2, 0.25) is 0 Å². The molecule has 0 radical (unpaired) electrons. The second-order valence-corrected chi connectivity index (χ2v) is 5.83. The van der Waals surface area contributed by atoms with E-state index in [0.29, 0.717) is 13.1 Å². The summed E-state index contributed by atoms with van der Waals surface area (Å²) in [6, 6.07) is 3.66. The monoisotopic (exact) mass is 294 g/mol. The predicted molar refractivity (Wildman–Crippen MR) is 75.3 cm³/mol. The maximum atomic E-state index is 12.5. The fourth-order valence-electron chi connectivity index (χ4n) is 2.59. The maximum Gasteiger partial charge on any atom is 0.311 e. The summed E-state index contributed by atoms with van der Waals surface area (Å²) in [7, 11) is 0. The fourth-order valence-corrected chi connectivity index (χ4v) is 2.59. The van der Waals surface area contributed by atoms with E-state index in [1.807, 2.05) is 20.8 Å². The summed E-state index contributed by atoms with van der Waals surface area (Å²) in [5, 5.41) is 20.3. The van der Waals surface area contributed by atoms with Crippen molar-refractivity contribution in [3.8, 4) is 5.75 Å².